The lowest BCUT2D eigenvalue weighted by Crippen LogP contribution is -2.21. The summed E-state index contributed by atoms with van der Waals surface area (Å²) < 4.78 is 6.12. The molecule has 0 saturated carbocycles. The van der Waals surface area contributed by atoms with Crippen LogP contribution in [0.2, 0.25) is 0 Å². The van der Waals surface area contributed by atoms with Crippen LogP contribution in [0.4, 0.5) is 0 Å². The van der Waals surface area contributed by atoms with Gasteiger partial charge in [0.1, 0.15) is 5.75 Å². The monoisotopic (exact) mass is 263 g/mol. The molecule has 1 N–H and O–H groups in total. The molecule has 0 spiro atoms. The third-order valence-electron chi connectivity index (χ3n) is 3.29. The number of benzene rings is 1. The Morgan fingerprint density at radius 3 is 2.42 bits per heavy atom. The topological polar surface area (TPSA) is 21.3 Å². The first-order chi connectivity index (χ1) is 9.06. The van der Waals surface area contributed by atoms with Crippen LogP contribution in [0.3, 0.4) is 0 Å². The normalized spacial score (nSPS) is 11.3. The summed E-state index contributed by atoms with van der Waals surface area (Å²) >= 11 is 0. The Labute approximate surface area is 118 Å². The SMILES string of the molecule is CCC(CC)Oc1ccc(C)cc1CNCC(C)C. The van der Waals surface area contributed by atoms with E-state index < -0.39 is 0 Å². The van der Waals surface area contributed by atoms with Crippen molar-refractivity contribution in [1.82, 2.24) is 5.32 Å². The molecule has 0 saturated heterocycles. The van der Waals surface area contributed by atoms with Gasteiger partial charge in [0, 0.05) is 12.1 Å². The van der Waals surface area contributed by atoms with Crippen molar-refractivity contribution >= 4 is 0 Å². The van der Waals surface area contributed by atoms with Crippen LogP contribution in [-0.2, 0) is 6.54 Å². The van der Waals surface area contributed by atoms with Crippen molar-refractivity contribution in [2.75, 3.05) is 6.54 Å². The highest BCUT2D eigenvalue weighted by molar-refractivity contribution is 5.37. The maximum Gasteiger partial charge on any atom is 0.124 e. The number of hydrogen-bond donors (Lipinski definition) is 1. The third kappa shape index (κ3) is 5.65. The van der Waals surface area contributed by atoms with Gasteiger partial charge in [-0.05, 0) is 38.3 Å². The number of rotatable bonds is 8. The van der Waals surface area contributed by atoms with E-state index in [1.165, 1.54) is 11.1 Å². The highest BCUT2D eigenvalue weighted by atomic mass is 16.5. The Kier molecular flexibility index (Phi) is 6.93. The van der Waals surface area contributed by atoms with Gasteiger partial charge in [0.2, 0.25) is 0 Å². The summed E-state index contributed by atoms with van der Waals surface area (Å²) in [4.78, 5) is 0. The predicted molar refractivity (Wildman–Crippen MR) is 82.7 cm³/mol. The molecule has 1 rings (SSSR count). The van der Waals surface area contributed by atoms with E-state index in [-0.39, 0.29) is 0 Å². The van der Waals surface area contributed by atoms with Crippen molar-refractivity contribution in [2.24, 2.45) is 5.92 Å². The lowest BCUT2D eigenvalue weighted by molar-refractivity contribution is 0.190. The van der Waals surface area contributed by atoms with Gasteiger partial charge in [0.05, 0.1) is 6.10 Å². The molecule has 1 aromatic rings. The van der Waals surface area contributed by atoms with Gasteiger partial charge >= 0.3 is 0 Å². The van der Waals surface area contributed by atoms with Crippen molar-refractivity contribution in [2.45, 2.75) is 60.1 Å². The minimum absolute atomic E-state index is 0.326. The second kappa shape index (κ2) is 8.21. The first-order valence-corrected chi connectivity index (χ1v) is 7.53. The van der Waals surface area contributed by atoms with Crippen molar-refractivity contribution in [3.63, 3.8) is 0 Å². The van der Waals surface area contributed by atoms with Gasteiger partial charge in [-0.1, -0.05) is 45.4 Å². The number of nitrogens with one attached hydrogen (secondary N) is 1. The fourth-order valence-electron chi connectivity index (χ4n) is 2.09. The summed E-state index contributed by atoms with van der Waals surface area (Å²) in [6.45, 7) is 12.9. The van der Waals surface area contributed by atoms with Gasteiger partial charge in [-0.25, -0.2) is 0 Å². The van der Waals surface area contributed by atoms with E-state index in [1.54, 1.807) is 0 Å². The molecule has 0 radical (unpaired) electrons. The Balaban J connectivity index is 2.73. The first kappa shape index (κ1) is 16.0. The molecular formula is C17H29NO. The van der Waals surface area contributed by atoms with Crippen LogP contribution in [0, 0.1) is 12.8 Å². The average Bonchev–Trinajstić information content (AvgIpc) is 2.37. The van der Waals surface area contributed by atoms with Crippen molar-refractivity contribution in [3.05, 3.63) is 29.3 Å². The molecule has 0 aliphatic carbocycles. The molecule has 108 valence electrons. The summed E-state index contributed by atoms with van der Waals surface area (Å²) in [5.41, 5.74) is 2.56. The van der Waals surface area contributed by atoms with E-state index >= 15 is 0 Å². The number of aryl methyl sites for hydroxylation is 1. The van der Waals surface area contributed by atoms with Crippen LogP contribution >= 0.6 is 0 Å². The molecular weight excluding hydrogens is 234 g/mol. The zero-order chi connectivity index (χ0) is 14.3. The highest BCUT2D eigenvalue weighted by Gasteiger charge is 2.09. The summed E-state index contributed by atoms with van der Waals surface area (Å²) in [6, 6.07) is 6.47. The zero-order valence-corrected chi connectivity index (χ0v) is 13.1. The van der Waals surface area contributed by atoms with Crippen LogP contribution in [0.25, 0.3) is 0 Å². The molecule has 0 unspecified atom stereocenters. The molecule has 0 aromatic heterocycles. The van der Waals surface area contributed by atoms with Gasteiger partial charge in [-0.3, -0.25) is 0 Å². The van der Waals surface area contributed by atoms with Crippen LogP contribution in [0.5, 0.6) is 5.75 Å². The maximum atomic E-state index is 6.12. The van der Waals surface area contributed by atoms with Gasteiger partial charge in [0.15, 0.2) is 0 Å². The largest absolute Gasteiger partial charge is 0.490 e. The summed E-state index contributed by atoms with van der Waals surface area (Å²) in [5, 5.41) is 3.50. The highest BCUT2D eigenvalue weighted by Crippen LogP contribution is 2.22. The predicted octanol–water partition coefficient (Wildman–Crippen LogP) is 4.31. The van der Waals surface area contributed by atoms with Gasteiger partial charge < -0.3 is 10.1 Å². The fourth-order valence-corrected chi connectivity index (χ4v) is 2.09. The summed E-state index contributed by atoms with van der Waals surface area (Å²) in [5.74, 6) is 1.71. The number of ether oxygens (including phenoxy) is 1. The number of hydrogen-bond acceptors (Lipinski definition) is 2. The third-order valence-corrected chi connectivity index (χ3v) is 3.29. The zero-order valence-electron chi connectivity index (χ0n) is 13.1. The van der Waals surface area contributed by atoms with Crippen LogP contribution in [0.15, 0.2) is 18.2 Å². The lowest BCUT2D eigenvalue weighted by atomic mass is 10.1. The standard InChI is InChI=1S/C17H29NO/c1-6-16(7-2)19-17-9-8-14(5)10-15(17)12-18-11-13(3)4/h8-10,13,16,18H,6-7,11-12H2,1-5H3. The molecule has 0 fully saturated rings. The van der Waals surface area contributed by atoms with Crippen LogP contribution in [0.1, 0.15) is 51.7 Å². The molecule has 0 aliphatic heterocycles. The van der Waals surface area contributed by atoms with Crippen molar-refractivity contribution in [3.8, 4) is 5.75 Å². The fraction of sp³-hybridized carbons (Fsp3) is 0.647. The Morgan fingerprint density at radius 1 is 1.16 bits per heavy atom. The minimum atomic E-state index is 0.326. The summed E-state index contributed by atoms with van der Waals surface area (Å²) in [7, 11) is 0. The Hall–Kier alpha value is -1.02. The van der Waals surface area contributed by atoms with Crippen molar-refractivity contribution in [1.29, 1.82) is 0 Å². The minimum Gasteiger partial charge on any atom is -0.490 e. The molecule has 1 aromatic carbocycles. The van der Waals surface area contributed by atoms with E-state index in [0.717, 1.165) is 31.7 Å². The molecule has 2 nitrogen and oxygen atoms in total. The van der Waals surface area contributed by atoms with Gasteiger partial charge in [0.25, 0.3) is 0 Å². The molecule has 2 heteroatoms. The molecule has 0 aliphatic rings. The van der Waals surface area contributed by atoms with E-state index in [0.29, 0.717) is 12.0 Å². The van der Waals surface area contributed by atoms with Crippen molar-refractivity contribution < 1.29 is 4.74 Å². The molecule has 0 atom stereocenters. The second-order valence-corrected chi connectivity index (χ2v) is 5.69. The van der Waals surface area contributed by atoms with E-state index in [9.17, 15) is 0 Å². The molecule has 19 heavy (non-hydrogen) atoms. The lowest BCUT2D eigenvalue weighted by Gasteiger charge is -2.19. The Morgan fingerprint density at radius 2 is 1.84 bits per heavy atom. The van der Waals surface area contributed by atoms with Gasteiger partial charge in [-0.2, -0.15) is 0 Å². The van der Waals surface area contributed by atoms with E-state index in [2.05, 4.69) is 58.1 Å². The van der Waals surface area contributed by atoms with Crippen LogP contribution in [-0.4, -0.2) is 12.6 Å². The summed E-state index contributed by atoms with van der Waals surface area (Å²) in [6.07, 6.45) is 2.44. The quantitative estimate of drug-likeness (QED) is 0.754. The smallest absolute Gasteiger partial charge is 0.124 e. The van der Waals surface area contributed by atoms with E-state index in [1.807, 2.05) is 0 Å². The average molecular weight is 263 g/mol. The molecule has 0 bridgehead atoms. The van der Waals surface area contributed by atoms with Gasteiger partial charge in [-0.15, -0.1) is 0 Å². The van der Waals surface area contributed by atoms with Crippen LogP contribution < -0.4 is 10.1 Å². The van der Waals surface area contributed by atoms with E-state index in [4.69, 9.17) is 4.74 Å². The second-order valence-electron chi connectivity index (χ2n) is 5.69. The molecule has 0 amide bonds. The first-order valence-electron chi connectivity index (χ1n) is 7.53. The maximum absolute atomic E-state index is 6.12. The Bertz CT molecular complexity index is 370. The molecule has 0 heterocycles.